The molecule has 0 saturated carbocycles. The summed E-state index contributed by atoms with van der Waals surface area (Å²) in [6.45, 7) is 4.51. The number of nitrogens with one attached hydrogen (secondary N) is 1. The van der Waals surface area contributed by atoms with Crippen molar-refractivity contribution in [2.75, 3.05) is 0 Å². The normalized spacial score (nSPS) is 17.2. The van der Waals surface area contributed by atoms with E-state index in [1.807, 2.05) is 11.3 Å². The van der Waals surface area contributed by atoms with E-state index in [-0.39, 0.29) is 0 Å². The zero-order valence-corrected chi connectivity index (χ0v) is 11.8. The average molecular weight is 252 g/mol. The molecule has 1 aromatic rings. The Morgan fingerprint density at radius 2 is 2.00 bits per heavy atom. The topological polar surface area (TPSA) is 38.0 Å². The number of aryl methyl sites for hydroxylation is 2. The van der Waals surface area contributed by atoms with Crippen molar-refractivity contribution < 1.29 is 0 Å². The minimum Gasteiger partial charge on any atom is -0.271 e. The van der Waals surface area contributed by atoms with Gasteiger partial charge in [-0.15, -0.1) is 11.3 Å². The van der Waals surface area contributed by atoms with Crippen LogP contribution in [0.4, 0.5) is 0 Å². The number of hydrogen-bond donors (Lipinski definition) is 2. The molecule has 2 rings (SSSR count). The number of rotatable bonds is 5. The Balaban J connectivity index is 2.21. The quantitative estimate of drug-likeness (QED) is 0.621. The third-order valence-corrected chi connectivity index (χ3v) is 5.34. The van der Waals surface area contributed by atoms with E-state index < -0.39 is 0 Å². The second kappa shape index (κ2) is 5.98. The fourth-order valence-corrected chi connectivity index (χ4v) is 4.29. The van der Waals surface area contributed by atoms with Crippen LogP contribution in [-0.4, -0.2) is 0 Å². The lowest BCUT2D eigenvalue weighted by atomic mass is 9.92. The number of thiophene rings is 1. The van der Waals surface area contributed by atoms with Gasteiger partial charge in [0.2, 0.25) is 0 Å². The van der Waals surface area contributed by atoms with Crippen LogP contribution in [-0.2, 0) is 12.8 Å². The summed E-state index contributed by atoms with van der Waals surface area (Å²) in [4.78, 5) is 3.06. The van der Waals surface area contributed by atoms with Crippen LogP contribution < -0.4 is 11.3 Å². The van der Waals surface area contributed by atoms with Crippen LogP contribution in [0, 0.1) is 5.92 Å². The smallest absolute Gasteiger partial charge is 0.0581 e. The third-order valence-electron chi connectivity index (χ3n) is 4.02. The van der Waals surface area contributed by atoms with Gasteiger partial charge in [0.15, 0.2) is 0 Å². The molecular weight excluding hydrogens is 228 g/mol. The summed E-state index contributed by atoms with van der Waals surface area (Å²) in [7, 11) is 0. The van der Waals surface area contributed by atoms with Gasteiger partial charge in [0.25, 0.3) is 0 Å². The van der Waals surface area contributed by atoms with Gasteiger partial charge in [-0.25, -0.2) is 0 Å². The molecular formula is C14H24N2S. The van der Waals surface area contributed by atoms with Crippen molar-refractivity contribution in [3.8, 4) is 0 Å². The first-order valence-corrected chi connectivity index (χ1v) is 7.69. The minimum absolute atomic E-state index is 0.348. The maximum atomic E-state index is 5.77. The first-order valence-electron chi connectivity index (χ1n) is 6.87. The van der Waals surface area contributed by atoms with Gasteiger partial charge >= 0.3 is 0 Å². The highest BCUT2D eigenvalue weighted by Gasteiger charge is 2.23. The van der Waals surface area contributed by atoms with Crippen molar-refractivity contribution in [3.63, 3.8) is 0 Å². The minimum atomic E-state index is 0.348. The molecule has 0 fully saturated rings. The van der Waals surface area contributed by atoms with Crippen LogP contribution in [0.3, 0.4) is 0 Å². The molecule has 0 bridgehead atoms. The highest BCUT2D eigenvalue weighted by atomic mass is 32.1. The van der Waals surface area contributed by atoms with Gasteiger partial charge in [-0.1, -0.05) is 26.7 Å². The van der Waals surface area contributed by atoms with Crippen molar-refractivity contribution in [1.82, 2.24) is 5.43 Å². The van der Waals surface area contributed by atoms with Gasteiger partial charge in [-0.3, -0.25) is 11.3 Å². The van der Waals surface area contributed by atoms with Crippen LogP contribution in [0.2, 0.25) is 0 Å². The fraction of sp³-hybridized carbons (Fsp3) is 0.714. The lowest BCUT2D eigenvalue weighted by Crippen LogP contribution is -2.32. The maximum Gasteiger partial charge on any atom is 0.0581 e. The van der Waals surface area contributed by atoms with E-state index in [1.165, 1.54) is 43.4 Å². The summed E-state index contributed by atoms with van der Waals surface area (Å²) in [6, 6.07) is 2.75. The van der Waals surface area contributed by atoms with Gasteiger partial charge in [0.1, 0.15) is 0 Å². The van der Waals surface area contributed by atoms with Gasteiger partial charge in [0.05, 0.1) is 6.04 Å². The van der Waals surface area contributed by atoms with Crippen molar-refractivity contribution in [2.24, 2.45) is 11.8 Å². The molecule has 96 valence electrons. The zero-order valence-electron chi connectivity index (χ0n) is 11.0. The van der Waals surface area contributed by atoms with Crippen LogP contribution in [0.25, 0.3) is 0 Å². The first-order chi connectivity index (χ1) is 8.30. The SMILES string of the molecule is CCC(CC)C(NN)c1cc2c(s1)CCCC2. The molecule has 0 aliphatic heterocycles. The summed E-state index contributed by atoms with van der Waals surface area (Å²) >= 11 is 1.98. The molecule has 2 nitrogen and oxygen atoms in total. The molecule has 3 heteroatoms. The Bertz CT molecular complexity index is 332. The molecule has 1 aliphatic carbocycles. The Kier molecular flexibility index (Phi) is 4.60. The number of hydrogen-bond acceptors (Lipinski definition) is 3. The predicted molar refractivity (Wildman–Crippen MR) is 75.1 cm³/mol. The van der Waals surface area contributed by atoms with Crippen molar-refractivity contribution >= 4 is 11.3 Å². The molecule has 17 heavy (non-hydrogen) atoms. The van der Waals surface area contributed by atoms with Crippen LogP contribution >= 0.6 is 11.3 Å². The van der Waals surface area contributed by atoms with E-state index in [4.69, 9.17) is 5.84 Å². The molecule has 1 aromatic heterocycles. The second-order valence-electron chi connectivity index (χ2n) is 5.03. The van der Waals surface area contributed by atoms with Crippen molar-refractivity contribution in [1.29, 1.82) is 0 Å². The zero-order chi connectivity index (χ0) is 12.3. The largest absolute Gasteiger partial charge is 0.271 e. The molecule has 0 saturated heterocycles. The predicted octanol–water partition coefficient (Wildman–Crippen LogP) is 3.57. The maximum absolute atomic E-state index is 5.77. The summed E-state index contributed by atoms with van der Waals surface area (Å²) in [5.41, 5.74) is 4.63. The van der Waals surface area contributed by atoms with Crippen LogP contribution in [0.1, 0.15) is 60.9 Å². The monoisotopic (exact) mass is 252 g/mol. The van der Waals surface area contributed by atoms with Crippen LogP contribution in [0.15, 0.2) is 6.07 Å². The summed E-state index contributed by atoms with van der Waals surface area (Å²) in [6.07, 6.45) is 7.64. The highest BCUT2D eigenvalue weighted by Crippen LogP contribution is 2.36. The number of hydrazine groups is 1. The molecule has 1 atom stereocenters. The molecule has 0 amide bonds. The second-order valence-corrected chi connectivity index (χ2v) is 6.19. The Labute approximate surface area is 109 Å². The molecule has 3 N–H and O–H groups in total. The lowest BCUT2D eigenvalue weighted by molar-refractivity contribution is 0.350. The standard InChI is InChI=1S/C14H24N2S/c1-3-10(4-2)14(16-15)13-9-11-7-5-6-8-12(11)17-13/h9-10,14,16H,3-8,15H2,1-2H3. The Hall–Kier alpha value is -0.380. The fourth-order valence-electron chi connectivity index (χ4n) is 2.88. The van der Waals surface area contributed by atoms with E-state index in [1.54, 1.807) is 10.4 Å². The summed E-state index contributed by atoms with van der Waals surface area (Å²) < 4.78 is 0. The van der Waals surface area contributed by atoms with E-state index in [2.05, 4.69) is 25.3 Å². The van der Waals surface area contributed by atoms with E-state index in [0.29, 0.717) is 12.0 Å². The summed E-state index contributed by atoms with van der Waals surface area (Å²) in [5.74, 6) is 6.42. The van der Waals surface area contributed by atoms with E-state index >= 15 is 0 Å². The lowest BCUT2D eigenvalue weighted by Gasteiger charge is -2.23. The Morgan fingerprint density at radius 3 is 2.59 bits per heavy atom. The van der Waals surface area contributed by atoms with Gasteiger partial charge in [-0.05, 0) is 43.2 Å². The van der Waals surface area contributed by atoms with Crippen LogP contribution in [0.5, 0.6) is 0 Å². The third kappa shape index (κ3) is 2.72. The molecule has 0 radical (unpaired) electrons. The van der Waals surface area contributed by atoms with E-state index in [9.17, 15) is 0 Å². The van der Waals surface area contributed by atoms with Gasteiger partial charge in [0, 0.05) is 9.75 Å². The molecule has 0 aromatic carbocycles. The van der Waals surface area contributed by atoms with Crippen molar-refractivity contribution in [2.45, 2.75) is 58.4 Å². The Morgan fingerprint density at radius 1 is 1.29 bits per heavy atom. The summed E-state index contributed by atoms with van der Waals surface area (Å²) in [5, 5.41) is 0. The van der Waals surface area contributed by atoms with E-state index in [0.717, 1.165) is 0 Å². The number of fused-ring (bicyclic) bond motifs is 1. The molecule has 1 unspecified atom stereocenters. The molecule has 1 heterocycles. The van der Waals surface area contributed by atoms with Gasteiger partial charge < -0.3 is 0 Å². The average Bonchev–Trinajstić information content (AvgIpc) is 2.78. The molecule has 0 spiro atoms. The first kappa shape index (κ1) is 13.1. The molecule has 1 aliphatic rings. The van der Waals surface area contributed by atoms with Gasteiger partial charge in [-0.2, -0.15) is 0 Å². The highest BCUT2D eigenvalue weighted by molar-refractivity contribution is 7.12. The van der Waals surface area contributed by atoms with Crippen molar-refractivity contribution in [3.05, 3.63) is 21.4 Å². The number of nitrogens with two attached hydrogens (primary N) is 1.